The highest BCUT2D eigenvalue weighted by Gasteiger charge is 2.31. The number of methoxy groups -OCH3 is 1. The Bertz CT molecular complexity index is 226. The van der Waals surface area contributed by atoms with E-state index >= 15 is 0 Å². The molecule has 3 unspecified atom stereocenters. The van der Waals surface area contributed by atoms with Crippen molar-refractivity contribution in [1.29, 1.82) is 0 Å². The minimum absolute atomic E-state index is 0. The van der Waals surface area contributed by atoms with Crippen molar-refractivity contribution in [3.8, 4) is 0 Å². The van der Waals surface area contributed by atoms with Gasteiger partial charge in [-0.05, 0) is 26.2 Å². The van der Waals surface area contributed by atoms with E-state index in [1.807, 2.05) is 14.0 Å². The lowest BCUT2D eigenvalue weighted by Crippen LogP contribution is -2.41. The number of halogens is 1. The molecule has 0 aromatic rings. The molecule has 1 rings (SSSR count). The van der Waals surface area contributed by atoms with E-state index in [0.29, 0.717) is 6.61 Å². The van der Waals surface area contributed by atoms with Crippen molar-refractivity contribution in [2.24, 2.45) is 11.7 Å². The summed E-state index contributed by atoms with van der Waals surface area (Å²) in [7, 11) is 3.50. The molecule has 16 heavy (non-hydrogen) atoms. The third kappa shape index (κ3) is 3.92. The van der Waals surface area contributed by atoms with Crippen LogP contribution in [-0.2, 0) is 9.53 Å². The van der Waals surface area contributed by atoms with E-state index in [2.05, 4.69) is 0 Å². The van der Waals surface area contributed by atoms with E-state index in [-0.39, 0.29) is 36.3 Å². The van der Waals surface area contributed by atoms with Gasteiger partial charge in [0.15, 0.2) is 0 Å². The van der Waals surface area contributed by atoms with E-state index in [9.17, 15) is 4.79 Å². The Hall–Kier alpha value is -0.320. The van der Waals surface area contributed by atoms with Gasteiger partial charge in [0.25, 0.3) is 0 Å². The van der Waals surface area contributed by atoms with Gasteiger partial charge >= 0.3 is 0 Å². The number of rotatable bonds is 4. The first kappa shape index (κ1) is 15.7. The summed E-state index contributed by atoms with van der Waals surface area (Å²) in [6.07, 6.45) is 2.75. The average Bonchev–Trinajstić information content (AvgIpc) is 2.63. The molecule has 0 spiro atoms. The standard InChI is InChI=1S/C11H22N2O2.ClH/c1-8(7-15-3)13(2)11(14)9-4-5-10(12)6-9;/h8-10H,4-7,12H2,1-3H3;1H. The van der Waals surface area contributed by atoms with Crippen molar-refractivity contribution in [3.05, 3.63) is 0 Å². The van der Waals surface area contributed by atoms with Crippen LogP contribution in [0.4, 0.5) is 0 Å². The molecule has 1 aliphatic carbocycles. The zero-order chi connectivity index (χ0) is 11.4. The summed E-state index contributed by atoms with van der Waals surface area (Å²) in [5.41, 5.74) is 5.80. The zero-order valence-electron chi connectivity index (χ0n) is 10.3. The first-order valence-corrected chi connectivity index (χ1v) is 5.57. The van der Waals surface area contributed by atoms with Crippen LogP contribution in [0.5, 0.6) is 0 Å². The normalized spacial score (nSPS) is 26.0. The number of carbonyl (C=O) groups excluding carboxylic acids is 1. The molecule has 1 saturated carbocycles. The van der Waals surface area contributed by atoms with Crippen LogP contribution in [0.1, 0.15) is 26.2 Å². The number of hydrogen-bond donors (Lipinski definition) is 1. The number of nitrogens with two attached hydrogens (primary N) is 1. The molecule has 2 N–H and O–H groups in total. The van der Waals surface area contributed by atoms with Crippen LogP contribution >= 0.6 is 12.4 Å². The first-order chi connectivity index (χ1) is 7.06. The van der Waals surface area contributed by atoms with Gasteiger partial charge in [-0.25, -0.2) is 0 Å². The van der Waals surface area contributed by atoms with E-state index in [4.69, 9.17) is 10.5 Å². The minimum atomic E-state index is 0. The highest BCUT2D eigenvalue weighted by molar-refractivity contribution is 5.85. The second-order valence-corrected chi connectivity index (χ2v) is 4.52. The summed E-state index contributed by atoms with van der Waals surface area (Å²) in [6, 6.07) is 0.351. The lowest BCUT2D eigenvalue weighted by atomic mass is 10.1. The van der Waals surface area contributed by atoms with Crippen LogP contribution in [0.25, 0.3) is 0 Å². The van der Waals surface area contributed by atoms with E-state index in [1.54, 1.807) is 12.0 Å². The monoisotopic (exact) mass is 250 g/mol. The van der Waals surface area contributed by atoms with E-state index in [1.165, 1.54) is 0 Å². The van der Waals surface area contributed by atoms with Crippen LogP contribution < -0.4 is 5.73 Å². The highest BCUT2D eigenvalue weighted by atomic mass is 35.5. The molecule has 0 aromatic heterocycles. The molecule has 0 radical (unpaired) electrons. The van der Waals surface area contributed by atoms with Crippen molar-refractivity contribution < 1.29 is 9.53 Å². The van der Waals surface area contributed by atoms with Crippen LogP contribution in [0.2, 0.25) is 0 Å². The molecule has 3 atom stereocenters. The SMILES string of the molecule is COCC(C)N(C)C(=O)C1CCC(N)C1.Cl. The van der Waals surface area contributed by atoms with Gasteiger partial charge in [0.05, 0.1) is 12.6 Å². The van der Waals surface area contributed by atoms with Crippen LogP contribution in [0.3, 0.4) is 0 Å². The van der Waals surface area contributed by atoms with E-state index in [0.717, 1.165) is 19.3 Å². The van der Waals surface area contributed by atoms with Gasteiger partial charge in [-0.3, -0.25) is 4.79 Å². The molecule has 96 valence electrons. The van der Waals surface area contributed by atoms with E-state index < -0.39 is 0 Å². The summed E-state index contributed by atoms with van der Waals surface area (Å²) in [5.74, 6) is 0.344. The number of nitrogens with zero attached hydrogens (tertiary/aromatic N) is 1. The van der Waals surface area contributed by atoms with Crippen LogP contribution in [0.15, 0.2) is 0 Å². The Morgan fingerprint density at radius 2 is 2.19 bits per heavy atom. The number of carbonyl (C=O) groups is 1. The van der Waals surface area contributed by atoms with Gasteiger partial charge < -0.3 is 15.4 Å². The summed E-state index contributed by atoms with van der Waals surface area (Å²) >= 11 is 0. The third-order valence-electron chi connectivity index (χ3n) is 3.24. The number of amides is 1. The second-order valence-electron chi connectivity index (χ2n) is 4.52. The predicted octanol–water partition coefficient (Wildman–Crippen LogP) is 1.03. The topological polar surface area (TPSA) is 55.6 Å². The third-order valence-corrected chi connectivity index (χ3v) is 3.24. The fourth-order valence-electron chi connectivity index (χ4n) is 2.10. The molecular weight excluding hydrogens is 228 g/mol. The van der Waals surface area contributed by atoms with Crippen LogP contribution in [-0.4, -0.2) is 43.7 Å². The molecule has 0 aromatic carbocycles. The van der Waals surface area contributed by atoms with Crippen molar-refractivity contribution in [1.82, 2.24) is 4.90 Å². The van der Waals surface area contributed by atoms with Crippen molar-refractivity contribution >= 4 is 18.3 Å². The van der Waals surface area contributed by atoms with Crippen molar-refractivity contribution in [2.75, 3.05) is 20.8 Å². The Morgan fingerprint density at radius 3 is 2.62 bits per heavy atom. The molecular formula is C11H23ClN2O2. The molecule has 1 fully saturated rings. The van der Waals surface area contributed by atoms with Crippen molar-refractivity contribution in [3.63, 3.8) is 0 Å². The summed E-state index contributed by atoms with van der Waals surface area (Å²) in [4.78, 5) is 13.8. The lowest BCUT2D eigenvalue weighted by Gasteiger charge is -2.27. The number of likely N-dealkylation sites (N-methyl/N-ethyl adjacent to an activating group) is 1. The number of ether oxygens (including phenoxy) is 1. The molecule has 4 nitrogen and oxygen atoms in total. The second kappa shape index (κ2) is 7.09. The Kier molecular flexibility index (Phi) is 6.95. The molecule has 1 aliphatic rings. The van der Waals surface area contributed by atoms with Crippen LogP contribution in [0, 0.1) is 5.92 Å². The van der Waals surface area contributed by atoms with Gasteiger partial charge in [-0.1, -0.05) is 0 Å². The molecule has 5 heteroatoms. The van der Waals surface area contributed by atoms with Gasteiger partial charge in [-0.2, -0.15) is 0 Å². The maximum absolute atomic E-state index is 12.0. The van der Waals surface area contributed by atoms with Gasteiger partial charge in [0, 0.05) is 26.1 Å². The average molecular weight is 251 g/mol. The minimum Gasteiger partial charge on any atom is -0.383 e. The van der Waals surface area contributed by atoms with Gasteiger partial charge in [-0.15, -0.1) is 12.4 Å². The molecule has 0 bridgehead atoms. The lowest BCUT2D eigenvalue weighted by molar-refractivity contribution is -0.136. The highest BCUT2D eigenvalue weighted by Crippen LogP contribution is 2.26. The molecule has 0 heterocycles. The quantitative estimate of drug-likeness (QED) is 0.811. The Morgan fingerprint density at radius 1 is 1.56 bits per heavy atom. The Labute approximate surface area is 104 Å². The summed E-state index contributed by atoms with van der Waals surface area (Å²) < 4.78 is 5.04. The fourth-order valence-corrected chi connectivity index (χ4v) is 2.10. The van der Waals surface area contributed by atoms with Crippen molar-refractivity contribution in [2.45, 2.75) is 38.3 Å². The summed E-state index contributed by atoms with van der Waals surface area (Å²) in [5, 5.41) is 0. The molecule has 0 saturated heterocycles. The molecule has 0 aliphatic heterocycles. The largest absolute Gasteiger partial charge is 0.383 e. The first-order valence-electron chi connectivity index (χ1n) is 5.57. The van der Waals surface area contributed by atoms with Gasteiger partial charge in [0.1, 0.15) is 0 Å². The zero-order valence-corrected chi connectivity index (χ0v) is 11.1. The maximum Gasteiger partial charge on any atom is 0.225 e. The predicted molar refractivity (Wildman–Crippen MR) is 66.7 cm³/mol. The summed E-state index contributed by atoms with van der Waals surface area (Å²) in [6.45, 7) is 2.58. The maximum atomic E-state index is 12.0. The van der Waals surface area contributed by atoms with Gasteiger partial charge in [0.2, 0.25) is 5.91 Å². The smallest absolute Gasteiger partial charge is 0.225 e. The fraction of sp³-hybridized carbons (Fsp3) is 0.909. The Balaban J connectivity index is 0.00000225. The molecule has 1 amide bonds. The number of hydrogen-bond acceptors (Lipinski definition) is 3.